The highest BCUT2D eigenvalue weighted by atomic mass is 35.5. The molecule has 0 unspecified atom stereocenters. The Morgan fingerprint density at radius 3 is 2.82 bits per heavy atom. The fourth-order valence-electron chi connectivity index (χ4n) is 1.43. The zero-order valence-corrected chi connectivity index (χ0v) is 12.0. The first-order valence-electron chi connectivity index (χ1n) is 6.01. The van der Waals surface area contributed by atoms with Gasteiger partial charge in [-0.2, -0.15) is 11.8 Å². The van der Waals surface area contributed by atoms with Gasteiger partial charge in [0.1, 0.15) is 5.75 Å². The van der Waals surface area contributed by atoms with E-state index in [2.05, 4.69) is 12.2 Å². The van der Waals surface area contributed by atoms with Gasteiger partial charge in [-0.25, -0.2) is 0 Å². The first-order valence-corrected chi connectivity index (χ1v) is 7.55. The maximum Gasteiger partial charge on any atom is 0.138 e. The van der Waals surface area contributed by atoms with Gasteiger partial charge < -0.3 is 10.1 Å². The lowest BCUT2D eigenvalue weighted by molar-refractivity contribution is 0.340. The van der Waals surface area contributed by atoms with E-state index < -0.39 is 0 Å². The van der Waals surface area contributed by atoms with Crippen LogP contribution in [-0.2, 0) is 0 Å². The molecule has 0 atom stereocenters. The van der Waals surface area contributed by atoms with Crippen LogP contribution in [-0.4, -0.2) is 24.7 Å². The van der Waals surface area contributed by atoms with Crippen LogP contribution in [0.2, 0.25) is 5.02 Å². The van der Waals surface area contributed by atoms with Gasteiger partial charge in [0.25, 0.3) is 0 Å². The highest BCUT2D eigenvalue weighted by Gasteiger charge is 2.01. The molecule has 0 fully saturated rings. The van der Waals surface area contributed by atoms with Crippen LogP contribution >= 0.6 is 23.4 Å². The SMILES string of the molecule is CCOc1ccc(NCCCSCC)cc1Cl. The second kappa shape index (κ2) is 8.54. The van der Waals surface area contributed by atoms with Gasteiger partial charge in [-0.1, -0.05) is 18.5 Å². The molecular formula is C13H20ClNOS. The summed E-state index contributed by atoms with van der Waals surface area (Å²) in [5.74, 6) is 3.14. The lowest BCUT2D eigenvalue weighted by Gasteiger charge is -2.09. The van der Waals surface area contributed by atoms with Crippen molar-refractivity contribution in [3.63, 3.8) is 0 Å². The quantitative estimate of drug-likeness (QED) is 0.714. The molecule has 0 aliphatic carbocycles. The van der Waals surface area contributed by atoms with E-state index in [0.717, 1.165) is 18.0 Å². The molecule has 2 nitrogen and oxygen atoms in total. The molecule has 17 heavy (non-hydrogen) atoms. The molecule has 0 bridgehead atoms. The molecule has 0 spiro atoms. The predicted octanol–water partition coefficient (Wildman–Crippen LogP) is 4.29. The Balaban J connectivity index is 2.36. The minimum atomic E-state index is 0.640. The van der Waals surface area contributed by atoms with Gasteiger partial charge in [-0.15, -0.1) is 0 Å². The Morgan fingerprint density at radius 2 is 2.18 bits per heavy atom. The molecule has 0 aliphatic heterocycles. The smallest absolute Gasteiger partial charge is 0.138 e. The molecule has 0 aromatic heterocycles. The molecule has 0 saturated heterocycles. The fourth-order valence-corrected chi connectivity index (χ4v) is 2.31. The van der Waals surface area contributed by atoms with Crippen LogP contribution in [0.15, 0.2) is 18.2 Å². The van der Waals surface area contributed by atoms with Crippen LogP contribution in [0.1, 0.15) is 20.3 Å². The van der Waals surface area contributed by atoms with Crippen LogP contribution in [0.3, 0.4) is 0 Å². The van der Waals surface area contributed by atoms with Crippen molar-refractivity contribution < 1.29 is 4.74 Å². The van der Waals surface area contributed by atoms with Crippen molar-refractivity contribution in [1.29, 1.82) is 0 Å². The number of thioether (sulfide) groups is 1. The number of nitrogens with one attached hydrogen (secondary N) is 1. The average Bonchev–Trinajstić information content (AvgIpc) is 2.32. The van der Waals surface area contributed by atoms with Crippen LogP contribution < -0.4 is 10.1 Å². The van der Waals surface area contributed by atoms with E-state index in [-0.39, 0.29) is 0 Å². The van der Waals surface area contributed by atoms with Gasteiger partial charge in [-0.3, -0.25) is 0 Å². The normalized spacial score (nSPS) is 10.3. The molecule has 1 N–H and O–H groups in total. The Bertz CT molecular complexity index is 333. The van der Waals surface area contributed by atoms with Crippen molar-refractivity contribution in [1.82, 2.24) is 0 Å². The van der Waals surface area contributed by atoms with E-state index in [4.69, 9.17) is 16.3 Å². The maximum atomic E-state index is 6.10. The summed E-state index contributed by atoms with van der Waals surface area (Å²) in [6, 6.07) is 5.83. The molecule has 96 valence electrons. The minimum Gasteiger partial charge on any atom is -0.492 e. The third-order valence-electron chi connectivity index (χ3n) is 2.23. The van der Waals surface area contributed by atoms with Gasteiger partial charge in [0.2, 0.25) is 0 Å². The molecule has 0 saturated carbocycles. The van der Waals surface area contributed by atoms with Crippen molar-refractivity contribution in [2.75, 3.05) is 30.0 Å². The van der Waals surface area contributed by atoms with Crippen molar-refractivity contribution in [2.24, 2.45) is 0 Å². The summed E-state index contributed by atoms with van der Waals surface area (Å²) in [6.45, 7) is 5.76. The van der Waals surface area contributed by atoms with Crippen molar-refractivity contribution in [3.8, 4) is 5.75 Å². The fraction of sp³-hybridized carbons (Fsp3) is 0.538. The minimum absolute atomic E-state index is 0.640. The van der Waals surface area contributed by atoms with E-state index in [0.29, 0.717) is 11.6 Å². The molecule has 0 amide bonds. The van der Waals surface area contributed by atoms with E-state index in [1.807, 2.05) is 36.9 Å². The van der Waals surface area contributed by atoms with Gasteiger partial charge in [0.05, 0.1) is 11.6 Å². The van der Waals surface area contributed by atoms with E-state index in [9.17, 15) is 0 Å². The Hall–Kier alpha value is -0.540. The summed E-state index contributed by atoms with van der Waals surface area (Å²) >= 11 is 8.07. The molecule has 4 heteroatoms. The lowest BCUT2D eigenvalue weighted by Crippen LogP contribution is -2.03. The summed E-state index contributed by atoms with van der Waals surface area (Å²) in [6.07, 6.45) is 1.17. The molecule has 1 aromatic rings. The van der Waals surface area contributed by atoms with Crippen molar-refractivity contribution in [3.05, 3.63) is 23.2 Å². The number of anilines is 1. The Labute approximate surface area is 113 Å². The first kappa shape index (κ1) is 14.5. The summed E-state index contributed by atoms with van der Waals surface area (Å²) in [5, 5.41) is 4.03. The number of ether oxygens (including phenoxy) is 1. The second-order valence-electron chi connectivity index (χ2n) is 3.56. The van der Waals surface area contributed by atoms with Crippen LogP contribution in [0.25, 0.3) is 0 Å². The molecule has 0 aliphatic rings. The van der Waals surface area contributed by atoms with Crippen molar-refractivity contribution >= 4 is 29.1 Å². The maximum absolute atomic E-state index is 6.10. The highest BCUT2D eigenvalue weighted by Crippen LogP contribution is 2.27. The van der Waals surface area contributed by atoms with E-state index >= 15 is 0 Å². The molecular weight excluding hydrogens is 254 g/mol. The third kappa shape index (κ3) is 5.55. The molecule has 0 radical (unpaired) electrons. The largest absolute Gasteiger partial charge is 0.492 e. The first-order chi connectivity index (χ1) is 8.27. The number of halogens is 1. The predicted molar refractivity (Wildman–Crippen MR) is 78.7 cm³/mol. The zero-order chi connectivity index (χ0) is 12.5. The number of hydrogen-bond acceptors (Lipinski definition) is 3. The molecule has 1 aromatic carbocycles. The summed E-state index contributed by atoms with van der Waals surface area (Å²) in [5.41, 5.74) is 1.06. The average molecular weight is 274 g/mol. The summed E-state index contributed by atoms with van der Waals surface area (Å²) in [4.78, 5) is 0. The lowest BCUT2D eigenvalue weighted by atomic mass is 10.3. The van der Waals surface area contributed by atoms with Gasteiger partial charge in [-0.05, 0) is 43.0 Å². The van der Waals surface area contributed by atoms with Gasteiger partial charge >= 0.3 is 0 Å². The molecule has 0 heterocycles. The third-order valence-corrected chi connectivity index (χ3v) is 3.51. The van der Waals surface area contributed by atoms with Crippen LogP contribution in [0.4, 0.5) is 5.69 Å². The standard InChI is InChI=1S/C13H20ClNOS/c1-3-16-13-7-6-11(10-12(13)14)15-8-5-9-17-4-2/h6-7,10,15H,3-5,8-9H2,1-2H3. The van der Waals surface area contributed by atoms with E-state index in [1.165, 1.54) is 17.9 Å². The number of hydrogen-bond donors (Lipinski definition) is 1. The Kier molecular flexibility index (Phi) is 7.29. The summed E-state index contributed by atoms with van der Waals surface area (Å²) < 4.78 is 5.39. The monoisotopic (exact) mass is 273 g/mol. The second-order valence-corrected chi connectivity index (χ2v) is 5.36. The van der Waals surface area contributed by atoms with Crippen LogP contribution in [0, 0.1) is 0 Å². The highest BCUT2D eigenvalue weighted by molar-refractivity contribution is 7.99. The van der Waals surface area contributed by atoms with Gasteiger partial charge in [0.15, 0.2) is 0 Å². The van der Waals surface area contributed by atoms with Gasteiger partial charge in [0, 0.05) is 12.2 Å². The van der Waals surface area contributed by atoms with E-state index in [1.54, 1.807) is 0 Å². The Morgan fingerprint density at radius 1 is 1.35 bits per heavy atom. The number of rotatable bonds is 8. The van der Waals surface area contributed by atoms with Crippen LogP contribution in [0.5, 0.6) is 5.75 Å². The topological polar surface area (TPSA) is 21.3 Å². The number of benzene rings is 1. The van der Waals surface area contributed by atoms with Crippen molar-refractivity contribution in [2.45, 2.75) is 20.3 Å². The zero-order valence-electron chi connectivity index (χ0n) is 10.5. The molecule has 1 rings (SSSR count). The summed E-state index contributed by atoms with van der Waals surface area (Å²) in [7, 11) is 0.